The molecular weight excluding hydrogens is 204 g/mol. The number of benzene rings is 1. The number of amides is 1. The molecule has 0 aliphatic heterocycles. The number of furan rings is 1. The van der Waals surface area contributed by atoms with Gasteiger partial charge in [-0.15, -0.1) is 0 Å². The molecule has 16 heavy (non-hydrogen) atoms. The van der Waals surface area contributed by atoms with Gasteiger partial charge in [-0.05, 0) is 37.3 Å². The van der Waals surface area contributed by atoms with Crippen molar-refractivity contribution >= 4 is 17.3 Å². The Labute approximate surface area is 93.1 Å². The second kappa shape index (κ2) is 4.10. The number of nitrogen functional groups attached to an aromatic ring is 1. The maximum absolute atomic E-state index is 11.7. The molecule has 0 atom stereocenters. The molecule has 0 aliphatic carbocycles. The molecule has 0 saturated carbocycles. The zero-order chi connectivity index (χ0) is 11.5. The zero-order valence-corrected chi connectivity index (χ0v) is 8.86. The summed E-state index contributed by atoms with van der Waals surface area (Å²) in [7, 11) is 0. The lowest BCUT2D eigenvalue weighted by Gasteiger charge is -2.03. The van der Waals surface area contributed by atoms with Crippen molar-refractivity contribution in [2.75, 3.05) is 11.1 Å². The van der Waals surface area contributed by atoms with Crippen molar-refractivity contribution in [1.82, 2.24) is 0 Å². The van der Waals surface area contributed by atoms with Gasteiger partial charge < -0.3 is 15.5 Å². The van der Waals surface area contributed by atoms with E-state index in [0.29, 0.717) is 22.9 Å². The number of rotatable bonds is 2. The lowest BCUT2D eigenvalue weighted by atomic mass is 10.3. The summed E-state index contributed by atoms with van der Waals surface area (Å²) in [6.07, 6.45) is 0. The van der Waals surface area contributed by atoms with Gasteiger partial charge in [0.05, 0.1) is 0 Å². The van der Waals surface area contributed by atoms with E-state index < -0.39 is 0 Å². The topological polar surface area (TPSA) is 68.3 Å². The van der Waals surface area contributed by atoms with E-state index in [9.17, 15) is 4.79 Å². The molecule has 4 nitrogen and oxygen atoms in total. The number of carbonyl (C=O) groups is 1. The summed E-state index contributed by atoms with van der Waals surface area (Å²) in [5.74, 6) is 0.719. The number of aryl methyl sites for hydroxylation is 1. The lowest BCUT2D eigenvalue weighted by molar-refractivity contribution is 0.0995. The van der Waals surface area contributed by atoms with Gasteiger partial charge >= 0.3 is 0 Å². The maximum atomic E-state index is 11.7. The van der Waals surface area contributed by atoms with E-state index in [1.165, 1.54) is 0 Å². The van der Waals surface area contributed by atoms with Crippen LogP contribution < -0.4 is 11.1 Å². The molecule has 0 aliphatic rings. The Bertz CT molecular complexity index is 517. The van der Waals surface area contributed by atoms with E-state index in [4.69, 9.17) is 10.2 Å². The molecule has 0 saturated heterocycles. The molecule has 0 unspecified atom stereocenters. The maximum Gasteiger partial charge on any atom is 0.291 e. The van der Waals surface area contributed by atoms with E-state index in [0.717, 1.165) is 0 Å². The van der Waals surface area contributed by atoms with Gasteiger partial charge in [-0.25, -0.2) is 0 Å². The van der Waals surface area contributed by atoms with Crippen LogP contribution in [0.2, 0.25) is 0 Å². The quantitative estimate of drug-likeness (QED) is 0.757. The van der Waals surface area contributed by atoms with Gasteiger partial charge in [-0.1, -0.05) is 6.07 Å². The monoisotopic (exact) mass is 216 g/mol. The third-order valence-corrected chi connectivity index (χ3v) is 2.11. The van der Waals surface area contributed by atoms with E-state index in [1.54, 1.807) is 43.3 Å². The standard InChI is InChI=1S/C12H12N2O2/c1-8-5-6-11(16-8)12(15)14-10-4-2-3-9(13)7-10/h2-7H,13H2,1H3,(H,14,15). The highest BCUT2D eigenvalue weighted by molar-refractivity contribution is 6.02. The highest BCUT2D eigenvalue weighted by Crippen LogP contribution is 2.14. The summed E-state index contributed by atoms with van der Waals surface area (Å²) in [5, 5.41) is 2.70. The Morgan fingerprint density at radius 1 is 1.31 bits per heavy atom. The summed E-state index contributed by atoms with van der Waals surface area (Å²) in [6.45, 7) is 1.79. The number of carbonyl (C=O) groups excluding carboxylic acids is 1. The number of hydrogen-bond acceptors (Lipinski definition) is 3. The molecule has 3 N–H and O–H groups in total. The number of nitrogens with one attached hydrogen (secondary N) is 1. The van der Waals surface area contributed by atoms with Gasteiger partial charge in [-0.2, -0.15) is 0 Å². The van der Waals surface area contributed by atoms with Crippen molar-refractivity contribution in [3.05, 3.63) is 47.9 Å². The predicted octanol–water partition coefficient (Wildman–Crippen LogP) is 2.42. The molecule has 82 valence electrons. The molecule has 0 bridgehead atoms. The predicted molar refractivity (Wildman–Crippen MR) is 62.3 cm³/mol. The fourth-order valence-corrected chi connectivity index (χ4v) is 1.37. The first-order valence-corrected chi connectivity index (χ1v) is 4.88. The van der Waals surface area contributed by atoms with E-state index >= 15 is 0 Å². The third kappa shape index (κ3) is 2.23. The molecule has 4 heteroatoms. The smallest absolute Gasteiger partial charge is 0.291 e. The van der Waals surface area contributed by atoms with Crippen LogP contribution in [0.4, 0.5) is 11.4 Å². The van der Waals surface area contributed by atoms with Crippen LogP contribution in [0, 0.1) is 6.92 Å². The van der Waals surface area contributed by atoms with E-state index in [1.807, 2.05) is 0 Å². The first-order valence-electron chi connectivity index (χ1n) is 4.88. The fourth-order valence-electron chi connectivity index (χ4n) is 1.37. The summed E-state index contributed by atoms with van der Waals surface area (Å²) in [5.41, 5.74) is 6.86. The van der Waals surface area contributed by atoms with Crippen LogP contribution in [0.1, 0.15) is 16.3 Å². The first kappa shape index (κ1) is 10.3. The van der Waals surface area contributed by atoms with Crippen molar-refractivity contribution < 1.29 is 9.21 Å². The van der Waals surface area contributed by atoms with Gasteiger partial charge in [0.1, 0.15) is 5.76 Å². The van der Waals surface area contributed by atoms with Gasteiger partial charge in [-0.3, -0.25) is 4.79 Å². The van der Waals surface area contributed by atoms with Gasteiger partial charge in [0.25, 0.3) is 5.91 Å². The van der Waals surface area contributed by atoms with Crippen LogP contribution in [0.25, 0.3) is 0 Å². The molecule has 1 aromatic heterocycles. The fraction of sp³-hybridized carbons (Fsp3) is 0.0833. The van der Waals surface area contributed by atoms with Crippen LogP contribution in [0.15, 0.2) is 40.8 Å². The number of anilines is 2. The second-order valence-corrected chi connectivity index (χ2v) is 3.49. The first-order chi connectivity index (χ1) is 7.65. The van der Waals surface area contributed by atoms with Crippen molar-refractivity contribution in [2.45, 2.75) is 6.92 Å². The van der Waals surface area contributed by atoms with Gasteiger partial charge in [0, 0.05) is 11.4 Å². The average molecular weight is 216 g/mol. The Balaban J connectivity index is 2.13. The minimum atomic E-state index is -0.279. The molecule has 2 rings (SSSR count). The molecule has 2 aromatic rings. The van der Waals surface area contributed by atoms with E-state index in [2.05, 4.69) is 5.32 Å². The average Bonchev–Trinajstić information content (AvgIpc) is 2.65. The summed E-state index contributed by atoms with van der Waals surface area (Å²) in [4.78, 5) is 11.7. The van der Waals surface area contributed by atoms with Crippen molar-refractivity contribution in [3.8, 4) is 0 Å². The largest absolute Gasteiger partial charge is 0.456 e. The molecule has 0 spiro atoms. The molecular formula is C12H12N2O2. The minimum Gasteiger partial charge on any atom is -0.456 e. The normalized spacial score (nSPS) is 10.1. The third-order valence-electron chi connectivity index (χ3n) is 2.11. The Morgan fingerprint density at radius 3 is 2.75 bits per heavy atom. The van der Waals surface area contributed by atoms with E-state index in [-0.39, 0.29) is 5.91 Å². The Hall–Kier alpha value is -2.23. The van der Waals surface area contributed by atoms with Crippen molar-refractivity contribution in [2.24, 2.45) is 0 Å². The molecule has 0 fully saturated rings. The summed E-state index contributed by atoms with van der Waals surface area (Å²) >= 11 is 0. The van der Waals surface area contributed by atoms with Crippen molar-refractivity contribution in [1.29, 1.82) is 0 Å². The van der Waals surface area contributed by atoms with Crippen LogP contribution in [-0.2, 0) is 0 Å². The molecule has 1 heterocycles. The SMILES string of the molecule is Cc1ccc(C(=O)Nc2cccc(N)c2)o1. The molecule has 1 amide bonds. The summed E-state index contributed by atoms with van der Waals surface area (Å²) < 4.78 is 5.20. The molecule has 1 aromatic carbocycles. The molecule has 0 radical (unpaired) electrons. The van der Waals surface area contributed by atoms with Gasteiger partial charge in [0.15, 0.2) is 5.76 Å². The van der Waals surface area contributed by atoms with Crippen LogP contribution in [0.5, 0.6) is 0 Å². The van der Waals surface area contributed by atoms with Crippen LogP contribution in [-0.4, -0.2) is 5.91 Å². The lowest BCUT2D eigenvalue weighted by Crippen LogP contribution is -2.10. The Morgan fingerprint density at radius 2 is 2.12 bits per heavy atom. The minimum absolute atomic E-state index is 0.279. The number of nitrogens with two attached hydrogens (primary N) is 1. The number of hydrogen-bond donors (Lipinski definition) is 2. The van der Waals surface area contributed by atoms with Crippen LogP contribution in [0.3, 0.4) is 0 Å². The highest BCUT2D eigenvalue weighted by Gasteiger charge is 2.09. The van der Waals surface area contributed by atoms with Crippen LogP contribution >= 0.6 is 0 Å². The summed E-state index contributed by atoms with van der Waals surface area (Å²) in [6, 6.07) is 10.4. The zero-order valence-electron chi connectivity index (χ0n) is 8.86. The Kier molecular flexibility index (Phi) is 2.64. The second-order valence-electron chi connectivity index (χ2n) is 3.49. The highest BCUT2D eigenvalue weighted by atomic mass is 16.3. The van der Waals surface area contributed by atoms with Gasteiger partial charge in [0.2, 0.25) is 0 Å². The van der Waals surface area contributed by atoms with Crippen molar-refractivity contribution in [3.63, 3.8) is 0 Å².